The number of hydrogen-bond donors (Lipinski definition) is 1. The number of rotatable bonds is 2. The molecule has 1 N–H and O–H groups in total. The predicted molar refractivity (Wildman–Crippen MR) is 52.6 cm³/mol. The highest BCUT2D eigenvalue weighted by molar-refractivity contribution is 6.34. The summed E-state index contributed by atoms with van der Waals surface area (Å²) < 4.78 is 4.29. The van der Waals surface area contributed by atoms with E-state index in [1.807, 2.05) is 5.48 Å². The van der Waals surface area contributed by atoms with E-state index in [-0.39, 0.29) is 0 Å². The highest BCUT2D eigenvalue weighted by atomic mass is 35.5. The molecule has 14 heavy (non-hydrogen) atoms. The lowest BCUT2D eigenvalue weighted by Gasteiger charge is -2.05. The number of ether oxygens (including phenoxy) is 1. The van der Waals surface area contributed by atoms with Gasteiger partial charge in [0.05, 0.1) is 7.11 Å². The zero-order chi connectivity index (χ0) is 10.6. The van der Waals surface area contributed by atoms with Crippen LogP contribution in [0.4, 0.5) is 4.79 Å². The molecule has 6 heteroatoms. The number of carbonyl (C=O) groups is 1. The average Bonchev–Trinajstić information content (AvgIpc) is 2.12. The van der Waals surface area contributed by atoms with Crippen LogP contribution in [0.1, 0.15) is 0 Å². The van der Waals surface area contributed by atoms with Gasteiger partial charge in [0.1, 0.15) is 0 Å². The van der Waals surface area contributed by atoms with Gasteiger partial charge in [0.25, 0.3) is 0 Å². The zero-order valence-corrected chi connectivity index (χ0v) is 8.72. The molecule has 0 heterocycles. The fourth-order valence-electron chi connectivity index (χ4n) is 0.730. The number of amides is 1. The fourth-order valence-corrected chi connectivity index (χ4v) is 1.24. The van der Waals surface area contributed by atoms with Crippen molar-refractivity contribution in [1.29, 1.82) is 0 Å². The van der Waals surface area contributed by atoms with Crippen molar-refractivity contribution in [3.8, 4) is 5.75 Å². The first kappa shape index (κ1) is 10.9. The minimum Gasteiger partial charge on any atom is -0.451 e. The van der Waals surface area contributed by atoms with E-state index in [0.717, 1.165) is 0 Å². The molecule has 0 atom stereocenters. The molecule has 0 aromatic heterocycles. The Morgan fingerprint density at radius 1 is 1.29 bits per heavy atom. The van der Waals surface area contributed by atoms with Gasteiger partial charge in [0, 0.05) is 22.2 Å². The maximum Gasteiger partial charge on any atom is 0.440 e. The molecule has 76 valence electrons. The molecule has 0 radical (unpaired) electrons. The highest BCUT2D eigenvalue weighted by Crippen LogP contribution is 2.23. The molecule has 0 saturated heterocycles. The summed E-state index contributed by atoms with van der Waals surface area (Å²) in [5.41, 5.74) is 2.02. The Morgan fingerprint density at radius 2 is 1.86 bits per heavy atom. The Balaban J connectivity index is 2.63. The topological polar surface area (TPSA) is 47.6 Å². The third kappa shape index (κ3) is 3.32. The molecular formula is C8H7Cl2NO3. The van der Waals surface area contributed by atoms with Gasteiger partial charge in [-0.2, -0.15) is 5.48 Å². The molecule has 1 amide bonds. The zero-order valence-electron chi connectivity index (χ0n) is 7.21. The summed E-state index contributed by atoms with van der Waals surface area (Å²) in [5.74, 6) is 0.327. The molecule has 0 aliphatic carbocycles. The SMILES string of the molecule is COC(=O)NOc1cc(Cl)cc(Cl)c1. The number of nitrogens with one attached hydrogen (secondary N) is 1. The first-order valence-electron chi connectivity index (χ1n) is 3.58. The van der Waals surface area contributed by atoms with Crippen LogP contribution in [0, 0.1) is 0 Å². The molecule has 1 aromatic rings. The van der Waals surface area contributed by atoms with Crippen molar-refractivity contribution in [2.45, 2.75) is 0 Å². The van der Waals surface area contributed by atoms with Gasteiger partial charge in [0.15, 0.2) is 5.75 Å². The summed E-state index contributed by atoms with van der Waals surface area (Å²) in [7, 11) is 1.23. The predicted octanol–water partition coefficient (Wildman–Crippen LogP) is 2.64. The van der Waals surface area contributed by atoms with E-state index in [2.05, 4.69) is 4.74 Å². The van der Waals surface area contributed by atoms with Gasteiger partial charge >= 0.3 is 6.09 Å². The monoisotopic (exact) mass is 235 g/mol. The van der Waals surface area contributed by atoms with Crippen LogP contribution in [0.25, 0.3) is 0 Å². The first-order valence-corrected chi connectivity index (χ1v) is 4.34. The van der Waals surface area contributed by atoms with E-state index in [0.29, 0.717) is 15.8 Å². The molecule has 1 rings (SSSR count). The van der Waals surface area contributed by atoms with E-state index in [4.69, 9.17) is 28.0 Å². The average molecular weight is 236 g/mol. The van der Waals surface area contributed by atoms with Crippen LogP contribution in [-0.2, 0) is 4.74 Å². The molecule has 4 nitrogen and oxygen atoms in total. The normalized spacial score (nSPS) is 9.36. The van der Waals surface area contributed by atoms with E-state index < -0.39 is 6.09 Å². The summed E-state index contributed by atoms with van der Waals surface area (Å²) in [5, 5.41) is 0.832. The minimum absolute atomic E-state index is 0.327. The van der Waals surface area contributed by atoms with Crippen LogP contribution >= 0.6 is 23.2 Å². The molecule has 0 bridgehead atoms. The molecule has 0 aliphatic heterocycles. The first-order chi connectivity index (χ1) is 6.61. The second-order valence-electron chi connectivity index (χ2n) is 2.30. The minimum atomic E-state index is -0.707. The summed E-state index contributed by atoms with van der Waals surface area (Å²) in [6, 6.07) is 4.56. The summed E-state index contributed by atoms with van der Waals surface area (Å²) in [6.07, 6.45) is -0.707. The van der Waals surface area contributed by atoms with Gasteiger partial charge in [-0.3, -0.25) is 0 Å². The smallest absolute Gasteiger partial charge is 0.440 e. The Hall–Kier alpha value is -1.13. The number of halogens is 2. The molecule has 0 saturated carbocycles. The molecule has 0 aliphatic rings. The van der Waals surface area contributed by atoms with Crippen molar-refractivity contribution >= 4 is 29.3 Å². The molecule has 0 unspecified atom stereocenters. The van der Waals surface area contributed by atoms with E-state index in [1.165, 1.54) is 19.2 Å². The fraction of sp³-hybridized carbons (Fsp3) is 0.125. The van der Waals surface area contributed by atoms with Crippen LogP contribution in [0.3, 0.4) is 0 Å². The number of hydrogen-bond acceptors (Lipinski definition) is 3. The molecular weight excluding hydrogens is 229 g/mol. The lowest BCUT2D eigenvalue weighted by molar-refractivity contribution is 0.118. The van der Waals surface area contributed by atoms with E-state index >= 15 is 0 Å². The van der Waals surface area contributed by atoms with Gasteiger partial charge in [-0.1, -0.05) is 23.2 Å². The van der Waals surface area contributed by atoms with Crippen molar-refractivity contribution in [3.05, 3.63) is 28.2 Å². The van der Waals surface area contributed by atoms with Gasteiger partial charge < -0.3 is 9.57 Å². The van der Waals surface area contributed by atoms with Gasteiger partial charge in [0.2, 0.25) is 0 Å². The molecule has 0 fully saturated rings. The van der Waals surface area contributed by atoms with Gasteiger partial charge in [-0.25, -0.2) is 4.79 Å². The van der Waals surface area contributed by atoms with Crippen LogP contribution < -0.4 is 10.3 Å². The van der Waals surface area contributed by atoms with Crippen molar-refractivity contribution in [2.75, 3.05) is 7.11 Å². The molecule has 1 aromatic carbocycles. The summed E-state index contributed by atoms with van der Waals surface area (Å²) in [4.78, 5) is 15.5. The maximum absolute atomic E-state index is 10.6. The highest BCUT2D eigenvalue weighted by Gasteiger charge is 2.02. The third-order valence-electron chi connectivity index (χ3n) is 1.27. The quantitative estimate of drug-likeness (QED) is 0.803. The lowest BCUT2D eigenvalue weighted by atomic mass is 10.3. The molecule has 0 spiro atoms. The van der Waals surface area contributed by atoms with Crippen molar-refractivity contribution < 1.29 is 14.4 Å². The Labute approximate surface area is 90.7 Å². The Kier molecular flexibility index (Phi) is 3.85. The third-order valence-corrected chi connectivity index (χ3v) is 1.71. The van der Waals surface area contributed by atoms with Gasteiger partial charge in [-0.05, 0) is 6.07 Å². The van der Waals surface area contributed by atoms with E-state index in [9.17, 15) is 4.79 Å². The van der Waals surface area contributed by atoms with E-state index in [1.54, 1.807) is 6.07 Å². The number of hydroxylamine groups is 1. The summed E-state index contributed by atoms with van der Waals surface area (Å²) in [6.45, 7) is 0. The second-order valence-corrected chi connectivity index (χ2v) is 3.17. The largest absolute Gasteiger partial charge is 0.451 e. The Bertz CT molecular complexity index is 323. The summed E-state index contributed by atoms with van der Waals surface area (Å²) >= 11 is 11.4. The second kappa shape index (κ2) is 4.93. The van der Waals surface area contributed by atoms with Crippen LogP contribution in [-0.4, -0.2) is 13.2 Å². The van der Waals surface area contributed by atoms with Crippen molar-refractivity contribution in [1.82, 2.24) is 5.48 Å². The van der Waals surface area contributed by atoms with Crippen molar-refractivity contribution in [2.24, 2.45) is 0 Å². The maximum atomic E-state index is 10.6. The van der Waals surface area contributed by atoms with Crippen LogP contribution in [0.15, 0.2) is 18.2 Å². The number of methoxy groups -OCH3 is 1. The van der Waals surface area contributed by atoms with Gasteiger partial charge in [-0.15, -0.1) is 0 Å². The number of carbonyl (C=O) groups excluding carboxylic acids is 1. The van der Waals surface area contributed by atoms with Crippen molar-refractivity contribution in [3.63, 3.8) is 0 Å². The lowest BCUT2D eigenvalue weighted by Crippen LogP contribution is -2.26. The number of benzene rings is 1. The van der Waals surface area contributed by atoms with Crippen LogP contribution in [0.2, 0.25) is 10.0 Å². The standard InChI is InChI=1S/C8H7Cl2NO3/c1-13-8(12)11-14-7-3-5(9)2-6(10)4-7/h2-4H,1H3,(H,11,12). The Morgan fingerprint density at radius 3 is 2.36 bits per heavy atom. The van der Waals surface area contributed by atoms with Crippen LogP contribution in [0.5, 0.6) is 5.75 Å².